The van der Waals surface area contributed by atoms with Crippen LogP contribution in [0.15, 0.2) is 53.0 Å². The Labute approximate surface area is 162 Å². The standard InChI is InChI=1S/C21H22BrN3O/c1-14(2)12-25-19-10-6-4-8-17(19)23-21(25)15-11-20(26)24(13-15)18-9-5-3-7-16(18)22/h3-10,14-15H,11-13H2,1-2H3. The summed E-state index contributed by atoms with van der Waals surface area (Å²) in [5.74, 6) is 1.82. The Balaban J connectivity index is 1.72. The molecule has 1 saturated heterocycles. The molecule has 2 aromatic carbocycles. The fourth-order valence-corrected chi connectivity index (χ4v) is 4.25. The highest BCUT2D eigenvalue weighted by Gasteiger charge is 2.35. The SMILES string of the molecule is CC(C)Cn1c(C2CC(=O)N(c3ccccc3Br)C2)nc2ccccc21. The van der Waals surface area contributed by atoms with Crippen LogP contribution in [0.2, 0.25) is 0 Å². The number of nitrogens with zero attached hydrogens (tertiary/aromatic N) is 3. The molecule has 0 N–H and O–H groups in total. The molecule has 134 valence electrons. The average molecular weight is 412 g/mol. The first-order valence-corrected chi connectivity index (χ1v) is 9.84. The second-order valence-electron chi connectivity index (χ2n) is 7.32. The molecule has 1 unspecified atom stereocenters. The lowest BCUT2D eigenvalue weighted by Crippen LogP contribution is -2.25. The summed E-state index contributed by atoms with van der Waals surface area (Å²) in [6, 6.07) is 16.1. The van der Waals surface area contributed by atoms with Gasteiger partial charge in [-0.2, -0.15) is 0 Å². The number of aromatic nitrogens is 2. The Hall–Kier alpha value is -2.14. The summed E-state index contributed by atoms with van der Waals surface area (Å²) in [6.07, 6.45) is 0.503. The predicted octanol–water partition coefficient (Wildman–Crippen LogP) is 4.98. The zero-order valence-electron chi connectivity index (χ0n) is 15.0. The lowest BCUT2D eigenvalue weighted by molar-refractivity contribution is -0.117. The van der Waals surface area contributed by atoms with Crippen LogP contribution in [0.25, 0.3) is 11.0 Å². The molecular formula is C21H22BrN3O. The Bertz CT molecular complexity index is 963. The quantitative estimate of drug-likeness (QED) is 0.607. The molecule has 1 aliphatic rings. The molecule has 3 aromatic rings. The number of fused-ring (bicyclic) bond motifs is 1. The van der Waals surface area contributed by atoms with E-state index in [2.05, 4.69) is 52.5 Å². The van der Waals surface area contributed by atoms with Gasteiger partial charge in [0.15, 0.2) is 0 Å². The fraction of sp³-hybridized carbons (Fsp3) is 0.333. The van der Waals surface area contributed by atoms with Gasteiger partial charge >= 0.3 is 0 Å². The van der Waals surface area contributed by atoms with E-state index >= 15 is 0 Å². The molecule has 0 saturated carbocycles. The highest BCUT2D eigenvalue weighted by Crippen LogP contribution is 2.36. The summed E-state index contributed by atoms with van der Waals surface area (Å²) in [5.41, 5.74) is 3.10. The van der Waals surface area contributed by atoms with Gasteiger partial charge in [0.1, 0.15) is 5.82 Å². The second kappa shape index (κ2) is 6.88. The van der Waals surface area contributed by atoms with Crippen molar-refractivity contribution in [3.8, 4) is 0 Å². The van der Waals surface area contributed by atoms with Gasteiger partial charge in [0, 0.05) is 29.9 Å². The van der Waals surface area contributed by atoms with Gasteiger partial charge in [-0.3, -0.25) is 4.79 Å². The van der Waals surface area contributed by atoms with E-state index in [0.717, 1.165) is 33.6 Å². The van der Waals surface area contributed by atoms with Crippen LogP contribution >= 0.6 is 15.9 Å². The summed E-state index contributed by atoms with van der Waals surface area (Å²) in [4.78, 5) is 19.5. The molecule has 2 heterocycles. The highest BCUT2D eigenvalue weighted by atomic mass is 79.9. The third kappa shape index (κ3) is 3.05. The van der Waals surface area contributed by atoms with Crippen molar-refractivity contribution in [3.63, 3.8) is 0 Å². The number of halogens is 1. The van der Waals surface area contributed by atoms with Crippen LogP contribution in [0.1, 0.15) is 32.0 Å². The van der Waals surface area contributed by atoms with Gasteiger partial charge in [-0.1, -0.05) is 38.1 Å². The van der Waals surface area contributed by atoms with Crippen molar-refractivity contribution in [2.75, 3.05) is 11.4 Å². The molecule has 0 aliphatic carbocycles. The molecule has 1 amide bonds. The molecule has 0 bridgehead atoms. The van der Waals surface area contributed by atoms with E-state index in [1.54, 1.807) is 0 Å². The van der Waals surface area contributed by atoms with E-state index in [4.69, 9.17) is 4.98 Å². The third-order valence-electron chi connectivity index (χ3n) is 4.87. The Kier molecular flexibility index (Phi) is 4.57. The predicted molar refractivity (Wildman–Crippen MR) is 108 cm³/mol. The summed E-state index contributed by atoms with van der Waals surface area (Å²) < 4.78 is 3.26. The number of hydrogen-bond donors (Lipinski definition) is 0. The highest BCUT2D eigenvalue weighted by molar-refractivity contribution is 9.10. The maximum atomic E-state index is 12.7. The van der Waals surface area contributed by atoms with E-state index < -0.39 is 0 Å². The van der Waals surface area contributed by atoms with Crippen LogP contribution < -0.4 is 4.90 Å². The molecule has 1 aliphatic heterocycles. The zero-order chi connectivity index (χ0) is 18.3. The fourth-order valence-electron chi connectivity index (χ4n) is 3.75. The number of benzene rings is 2. The minimum Gasteiger partial charge on any atom is -0.327 e. The molecule has 4 rings (SSSR count). The van der Waals surface area contributed by atoms with Gasteiger partial charge in [0.25, 0.3) is 0 Å². The smallest absolute Gasteiger partial charge is 0.227 e. The molecule has 1 atom stereocenters. The van der Waals surface area contributed by atoms with Gasteiger partial charge in [-0.15, -0.1) is 0 Å². The zero-order valence-corrected chi connectivity index (χ0v) is 16.6. The largest absolute Gasteiger partial charge is 0.327 e. The van der Waals surface area contributed by atoms with Crippen molar-refractivity contribution in [1.82, 2.24) is 9.55 Å². The molecule has 4 nitrogen and oxygen atoms in total. The number of hydrogen-bond acceptors (Lipinski definition) is 2. The minimum absolute atomic E-state index is 0.112. The molecule has 0 spiro atoms. The maximum absolute atomic E-state index is 12.7. The lowest BCUT2D eigenvalue weighted by Gasteiger charge is -2.19. The third-order valence-corrected chi connectivity index (χ3v) is 5.54. The van der Waals surface area contributed by atoms with Crippen molar-refractivity contribution in [3.05, 3.63) is 58.8 Å². The number of carbonyl (C=O) groups excluding carboxylic acids is 1. The molecule has 1 fully saturated rings. The Morgan fingerprint density at radius 3 is 2.65 bits per heavy atom. The number of carbonyl (C=O) groups is 1. The van der Waals surface area contributed by atoms with E-state index in [1.807, 2.05) is 35.2 Å². The minimum atomic E-state index is 0.112. The van der Waals surface area contributed by atoms with Crippen molar-refractivity contribution < 1.29 is 4.79 Å². The maximum Gasteiger partial charge on any atom is 0.227 e. The van der Waals surface area contributed by atoms with Crippen LogP contribution in [0, 0.1) is 5.92 Å². The monoisotopic (exact) mass is 411 g/mol. The van der Waals surface area contributed by atoms with E-state index in [1.165, 1.54) is 0 Å². The number of para-hydroxylation sites is 3. The van der Waals surface area contributed by atoms with E-state index in [-0.39, 0.29) is 11.8 Å². The van der Waals surface area contributed by atoms with Gasteiger partial charge in [-0.05, 0) is 46.1 Å². The van der Waals surface area contributed by atoms with Crippen LogP contribution in [0.3, 0.4) is 0 Å². The normalized spacial score (nSPS) is 17.6. The van der Waals surface area contributed by atoms with Gasteiger partial charge in [0.2, 0.25) is 5.91 Å². The van der Waals surface area contributed by atoms with Crippen LogP contribution in [0.4, 0.5) is 5.69 Å². The number of amides is 1. The lowest BCUT2D eigenvalue weighted by atomic mass is 10.1. The van der Waals surface area contributed by atoms with Gasteiger partial charge < -0.3 is 9.47 Å². The van der Waals surface area contributed by atoms with Crippen molar-refractivity contribution in [1.29, 1.82) is 0 Å². The van der Waals surface area contributed by atoms with Crippen molar-refractivity contribution >= 4 is 38.6 Å². The number of imidazole rings is 1. The summed E-state index contributed by atoms with van der Waals surface area (Å²) >= 11 is 3.57. The van der Waals surface area contributed by atoms with Crippen LogP contribution in [-0.4, -0.2) is 22.0 Å². The van der Waals surface area contributed by atoms with Crippen LogP contribution in [0.5, 0.6) is 0 Å². The molecular weight excluding hydrogens is 390 g/mol. The van der Waals surface area contributed by atoms with Gasteiger partial charge in [0.05, 0.1) is 16.7 Å². The first-order valence-electron chi connectivity index (χ1n) is 9.04. The van der Waals surface area contributed by atoms with E-state index in [9.17, 15) is 4.79 Å². The number of rotatable bonds is 4. The first kappa shape index (κ1) is 17.3. The van der Waals surface area contributed by atoms with Crippen LogP contribution in [-0.2, 0) is 11.3 Å². The molecule has 1 aromatic heterocycles. The van der Waals surface area contributed by atoms with Crippen molar-refractivity contribution in [2.45, 2.75) is 32.7 Å². The summed E-state index contributed by atoms with van der Waals surface area (Å²) in [7, 11) is 0. The molecule has 5 heteroatoms. The first-order chi connectivity index (χ1) is 12.5. The Morgan fingerprint density at radius 2 is 1.88 bits per heavy atom. The van der Waals surface area contributed by atoms with Crippen molar-refractivity contribution in [2.24, 2.45) is 5.92 Å². The summed E-state index contributed by atoms with van der Waals surface area (Å²) in [5, 5.41) is 0. The Morgan fingerprint density at radius 1 is 1.15 bits per heavy atom. The van der Waals surface area contributed by atoms with E-state index in [0.29, 0.717) is 18.9 Å². The molecule has 0 radical (unpaired) electrons. The average Bonchev–Trinajstić information content (AvgIpc) is 3.16. The topological polar surface area (TPSA) is 38.1 Å². The van der Waals surface area contributed by atoms with Gasteiger partial charge in [-0.25, -0.2) is 4.98 Å². The summed E-state index contributed by atoms with van der Waals surface area (Å²) in [6.45, 7) is 6.01. The number of anilines is 1. The molecule has 26 heavy (non-hydrogen) atoms. The second-order valence-corrected chi connectivity index (χ2v) is 8.17.